The SMILES string of the molecule is COc1cc(C(=O)NNSc2ccccc2)cc(-c2ccccn2)c1. The van der Waals surface area contributed by atoms with E-state index in [-0.39, 0.29) is 5.91 Å². The van der Waals surface area contributed by atoms with Crippen molar-refractivity contribution < 1.29 is 9.53 Å². The summed E-state index contributed by atoms with van der Waals surface area (Å²) in [4.78, 5) is 20.6. The van der Waals surface area contributed by atoms with Gasteiger partial charge in [-0.25, -0.2) is 0 Å². The van der Waals surface area contributed by atoms with Gasteiger partial charge in [-0.05, 0) is 54.4 Å². The highest BCUT2D eigenvalue weighted by molar-refractivity contribution is 7.97. The topological polar surface area (TPSA) is 63.2 Å². The average Bonchev–Trinajstić information content (AvgIpc) is 2.69. The number of carbonyl (C=O) groups excluding carboxylic acids is 1. The predicted octanol–water partition coefficient (Wildman–Crippen LogP) is 3.70. The lowest BCUT2D eigenvalue weighted by Crippen LogP contribution is -2.32. The summed E-state index contributed by atoms with van der Waals surface area (Å²) in [6.07, 6.45) is 1.71. The van der Waals surface area contributed by atoms with Gasteiger partial charge >= 0.3 is 0 Å². The Morgan fingerprint density at radius 2 is 1.84 bits per heavy atom. The monoisotopic (exact) mass is 351 g/mol. The van der Waals surface area contributed by atoms with Gasteiger partial charge < -0.3 is 4.74 Å². The zero-order chi connectivity index (χ0) is 17.5. The van der Waals surface area contributed by atoms with E-state index in [0.717, 1.165) is 16.2 Å². The fraction of sp³-hybridized carbons (Fsp3) is 0.0526. The number of nitrogens with one attached hydrogen (secondary N) is 2. The maximum absolute atomic E-state index is 12.4. The summed E-state index contributed by atoms with van der Waals surface area (Å²) >= 11 is 1.33. The van der Waals surface area contributed by atoms with Crippen molar-refractivity contribution in [1.29, 1.82) is 0 Å². The fourth-order valence-electron chi connectivity index (χ4n) is 2.22. The van der Waals surface area contributed by atoms with Gasteiger partial charge in [0.2, 0.25) is 0 Å². The number of pyridine rings is 1. The van der Waals surface area contributed by atoms with Crippen molar-refractivity contribution >= 4 is 17.9 Å². The number of carbonyl (C=O) groups is 1. The summed E-state index contributed by atoms with van der Waals surface area (Å²) in [7, 11) is 1.57. The van der Waals surface area contributed by atoms with E-state index in [1.807, 2.05) is 54.6 Å². The predicted molar refractivity (Wildman–Crippen MR) is 99.1 cm³/mol. The van der Waals surface area contributed by atoms with Gasteiger partial charge in [-0.2, -0.15) is 4.83 Å². The second kappa shape index (κ2) is 8.32. The Labute approximate surface area is 150 Å². The Hall–Kier alpha value is -2.83. The molecule has 5 nitrogen and oxygen atoms in total. The largest absolute Gasteiger partial charge is 0.497 e. The van der Waals surface area contributed by atoms with Gasteiger partial charge in [0.1, 0.15) is 5.75 Å². The maximum Gasteiger partial charge on any atom is 0.266 e. The van der Waals surface area contributed by atoms with E-state index in [4.69, 9.17) is 4.74 Å². The molecule has 1 heterocycles. The molecule has 0 fully saturated rings. The van der Waals surface area contributed by atoms with Crippen molar-refractivity contribution in [2.75, 3.05) is 7.11 Å². The van der Waals surface area contributed by atoms with Crippen molar-refractivity contribution in [3.05, 3.63) is 78.5 Å². The minimum atomic E-state index is -0.250. The number of hydrazine groups is 1. The third-order valence-corrected chi connectivity index (χ3v) is 4.15. The van der Waals surface area contributed by atoms with Crippen LogP contribution in [0.2, 0.25) is 0 Å². The van der Waals surface area contributed by atoms with Crippen molar-refractivity contribution in [3.63, 3.8) is 0 Å². The Morgan fingerprint density at radius 1 is 1.04 bits per heavy atom. The molecule has 3 aromatic rings. The summed E-state index contributed by atoms with van der Waals surface area (Å²) in [6.45, 7) is 0. The van der Waals surface area contributed by atoms with Crippen LogP contribution < -0.4 is 15.0 Å². The Balaban J connectivity index is 1.73. The van der Waals surface area contributed by atoms with Gasteiger partial charge in [-0.15, -0.1) is 0 Å². The number of nitrogens with zero attached hydrogens (tertiary/aromatic N) is 1. The van der Waals surface area contributed by atoms with Crippen molar-refractivity contribution in [1.82, 2.24) is 15.2 Å². The Bertz CT molecular complexity index is 842. The molecule has 0 unspecified atom stereocenters. The molecule has 25 heavy (non-hydrogen) atoms. The molecular formula is C19H17N3O2S. The van der Waals surface area contributed by atoms with E-state index in [1.165, 1.54) is 11.9 Å². The van der Waals surface area contributed by atoms with Crippen LogP contribution in [0, 0.1) is 0 Å². The second-order valence-electron chi connectivity index (χ2n) is 5.14. The zero-order valence-electron chi connectivity index (χ0n) is 13.6. The van der Waals surface area contributed by atoms with E-state index in [2.05, 4.69) is 15.2 Å². The van der Waals surface area contributed by atoms with Crippen LogP contribution >= 0.6 is 11.9 Å². The highest BCUT2D eigenvalue weighted by Gasteiger charge is 2.11. The van der Waals surface area contributed by atoms with E-state index < -0.39 is 0 Å². The number of methoxy groups -OCH3 is 1. The lowest BCUT2D eigenvalue weighted by atomic mass is 10.1. The average molecular weight is 351 g/mol. The number of benzene rings is 2. The van der Waals surface area contributed by atoms with Crippen LogP contribution in [0.3, 0.4) is 0 Å². The van der Waals surface area contributed by atoms with Gasteiger partial charge in [0.05, 0.1) is 12.8 Å². The summed E-state index contributed by atoms with van der Waals surface area (Å²) in [5.74, 6) is 0.350. The molecule has 3 rings (SSSR count). The molecule has 0 aliphatic heterocycles. The summed E-state index contributed by atoms with van der Waals surface area (Å²) in [5.41, 5.74) is 4.76. The number of amides is 1. The molecule has 0 aliphatic rings. The van der Waals surface area contributed by atoms with Crippen molar-refractivity contribution in [2.45, 2.75) is 4.90 Å². The van der Waals surface area contributed by atoms with Gasteiger partial charge in [0.25, 0.3) is 5.91 Å². The van der Waals surface area contributed by atoms with Gasteiger partial charge in [0, 0.05) is 22.2 Å². The molecule has 2 N–H and O–H groups in total. The van der Waals surface area contributed by atoms with Gasteiger partial charge in [0.15, 0.2) is 0 Å². The zero-order valence-corrected chi connectivity index (χ0v) is 14.4. The first-order chi connectivity index (χ1) is 12.3. The van der Waals surface area contributed by atoms with Crippen LogP contribution in [0.1, 0.15) is 10.4 Å². The number of hydrogen-bond acceptors (Lipinski definition) is 5. The molecule has 0 bridgehead atoms. The molecule has 1 amide bonds. The van der Waals surface area contributed by atoms with Crippen molar-refractivity contribution in [3.8, 4) is 17.0 Å². The molecule has 1 aromatic heterocycles. The van der Waals surface area contributed by atoms with E-state index >= 15 is 0 Å². The molecule has 0 saturated heterocycles. The lowest BCUT2D eigenvalue weighted by molar-refractivity contribution is 0.0946. The Morgan fingerprint density at radius 3 is 2.56 bits per heavy atom. The first-order valence-corrected chi connectivity index (χ1v) is 8.45. The summed E-state index contributed by atoms with van der Waals surface area (Å²) < 4.78 is 5.31. The molecule has 0 aliphatic carbocycles. The molecule has 0 spiro atoms. The van der Waals surface area contributed by atoms with Crippen LogP contribution in [-0.4, -0.2) is 18.0 Å². The normalized spacial score (nSPS) is 10.3. The number of ether oxygens (including phenoxy) is 1. The maximum atomic E-state index is 12.4. The summed E-state index contributed by atoms with van der Waals surface area (Å²) in [6, 6.07) is 20.7. The first-order valence-electron chi connectivity index (χ1n) is 7.64. The van der Waals surface area contributed by atoms with Crippen LogP contribution in [-0.2, 0) is 0 Å². The fourth-order valence-corrected chi connectivity index (χ4v) is 2.78. The second-order valence-corrected chi connectivity index (χ2v) is 6.02. The van der Waals surface area contributed by atoms with Crippen LogP contribution in [0.15, 0.2) is 77.8 Å². The summed E-state index contributed by atoms with van der Waals surface area (Å²) in [5, 5.41) is 0. The van der Waals surface area contributed by atoms with Crippen molar-refractivity contribution in [2.24, 2.45) is 0 Å². The lowest BCUT2D eigenvalue weighted by Gasteiger charge is -2.10. The minimum Gasteiger partial charge on any atom is -0.497 e. The molecule has 126 valence electrons. The van der Waals surface area contributed by atoms with E-state index in [0.29, 0.717) is 11.3 Å². The van der Waals surface area contributed by atoms with Crippen LogP contribution in [0.4, 0.5) is 0 Å². The highest BCUT2D eigenvalue weighted by atomic mass is 32.2. The van der Waals surface area contributed by atoms with Gasteiger partial charge in [-0.3, -0.25) is 15.2 Å². The molecular weight excluding hydrogens is 334 g/mol. The van der Waals surface area contributed by atoms with E-state index in [1.54, 1.807) is 25.4 Å². The third-order valence-electron chi connectivity index (χ3n) is 3.44. The number of aromatic nitrogens is 1. The first kappa shape index (κ1) is 17.0. The molecule has 6 heteroatoms. The van der Waals surface area contributed by atoms with Crippen LogP contribution in [0.25, 0.3) is 11.3 Å². The number of rotatable bonds is 6. The van der Waals surface area contributed by atoms with E-state index in [9.17, 15) is 4.79 Å². The molecule has 0 atom stereocenters. The minimum absolute atomic E-state index is 0.250. The Kier molecular flexibility index (Phi) is 5.66. The molecule has 0 radical (unpaired) electrons. The quantitative estimate of drug-likeness (QED) is 0.524. The highest BCUT2D eigenvalue weighted by Crippen LogP contribution is 2.24. The third kappa shape index (κ3) is 4.59. The molecule has 0 saturated carbocycles. The molecule has 2 aromatic carbocycles. The van der Waals surface area contributed by atoms with Crippen LogP contribution in [0.5, 0.6) is 5.75 Å². The van der Waals surface area contributed by atoms with Gasteiger partial charge in [-0.1, -0.05) is 24.3 Å². The smallest absolute Gasteiger partial charge is 0.266 e. The standard InChI is InChI=1S/C19H17N3O2S/c1-24-16-12-14(18-9-5-6-10-20-18)11-15(13-16)19(23)21-22-25-17-7-3-2-4-8-17/h2-13,22H,1H3,(H,21,23). The number of hydrogen-bond donors (Lipinski definition) is 2.